The Bertz CT molecular complexity index is 620. The van der Waals surface area contributed by atoms with Crippen LogP contribution in [0.3, 0.4) is 0 Å². The third-order valence-electron chi connectivity index (χ3n) is 2.52. The SMILES string of the molecule is Fc1ccc(CNc2ccc(Br)c(Cl)c2Cl)c(F)c1. The quantitative estimate of drug-likeness (QED) is 0.692. The maximum atomic E-state index is 13.5. The van der Waals surface area contributed by atoms with E-state index in [0.29, 0.717) is 25.8 Å². The van der Waals surface area contributed by atoms with Crippen LogP contribution in [-0.2, 0) is 6.54 Å². The molecule has 0 aliphatic carbocycles. The number of halogens is 5. The molecule has 0 heterocycles. The fraction of sp³-hybridized carbons (Fsp3) is 0.0769. The molecule has 0 saturated carbocycles. The zero-order chi connectivity index (χ0) is 14.0. The van der Waals surface area contributed by atoms with Crippen LogP contribution in [-0.4, -0.2) is 0 Å². The lowest BCUT2D eigenvalue weighted by Crippen LogP contribution is -2.02. The van der Waals surface area contributed by atoms with E-state index >= 15 is 0 Å². The zero-order valence-electron chi connectivity index (χ0n) is 9.48. The van der Waals surface area contributed by atoms with Crippen LogP contribution in [0.25, 0.3) is 0 Å². The molecule has 0 atom stereocenters. The Morgan fingerprint density at radius 2 is 1.79 bits per heavy atom. The molecular weight excluding hydrogens is 359 g/mol. The van der Waals surface area contributed by atoms with Gasteiger partial charge in [-0.3, -0.25) is 0 Å². The molecule has 100 valence electrons. The second-order valence-corrected chi connectivity index (χ2v) is 5.42. The van der Waals surface area contributed by atoms with Crippen LogP contribution >= 0.6 is 39.1 Å². The van der Waals surface area contributed by atoms with Crippen molar-refractivity contribution in [3.8, 4) is 0 Å². The van der Waals surface area contributed by atoms with Gasteiger partial charge >= 0.3 is 0 Å². The van der Waals surface area contributed by atoms with Crippen molar-refractivity contribution in [2.75, 3.05) is 5.32 Å². The highest BCUT2D eigenvalue weighted by molar-refractivity contribution is 9.10. The van der Waals surface area contributed by atoms with Gasteiger partial charge in [-0.05, 0) is 34.1 Å². The summed E-state index contributed by atoms with van der Waals surface area (Å²) in [5.41, 5.74) is 0.926. The van der Waals surface area contributed by atoms with Gasteiger partial charge in [-0.25, -0.2) is 8.78 Å². The molecular formula is C13H8BrCl2F2N. The van der Waals surface area contributed by atoms with Crippen molar-refractivity contribution < 1.29 is 8.78 Å². The van der Waals surface area contributed by atoms with Crippen LogP contribution in [0.15, 0.2) is 34.8 Å². The van der Waals surface area contributed by atoms with Gasteiger partial charge in [-0.1, -0.05) is 29.3 Å². The summed E-state index contributed by atoms with van der Waals surface area (Å²) in [5.74, 6) is -1.21. The number of hydrogen-bond acceptors (Lipinski definition) is 1. The normalized spacial score (nSPS) is 10.6. The van der Waals surface area contributed by atoms with Crippen molar-refractivity contribution in [2.45, 2.75) is 6.54 Å². The summed E-state index contributed by atoms with van der Waals surface area (Å²) in [6, 6.07) is 6.88. The first kappa shape index (κ1) is 14.6. The molecule has 2 rings (SSSR count). The summed E-state index contributed by atoms with van der Waals surface area (Å²) in [5, 5.41) is 3.68. The molecule has 6 heteroatoms. The third kappa shape index (κ3) is 3.38. The fourth-order valence-corrected chi connectivity index (χ4v) is 2.36. The number of hydrogen-bond donors (Lipinski definition) is 1. The van der Waals surface area contributed by atoms with E-state index in [1.165, 1.54) is 12.1 Å². The van der Waals surface area contributed by atoms with Gasteiger partial charge in [0.05, 0.1) is 15.7 Å². The van der Waals surface area contributed by atoms with E-state index in [-0.39, 0.29) is 6.54 Å². The molecule has 2 aromatic carbocycles. The molecule has 2 aromatic rings. The third-order valence-corrected chi connectivity index (χ3v) is 4.29. The minimum Gasteiger partial charge on any atom is -0.380 e. The molecule has 0 bridgehead atoms. The summed E-state index contributed by atoms with van der Waals surface area (Å²) in [7, 11) is 0. The van der Waals surface area contributed by atoms with Crippen molar-refractivity contribution >= 4 is 44.8 Å². The molecule has 0 radical (unpaired) electrons. The first-order valence-electron chi connectivity index (χ1n) is 5.30. The van der Waals surface area contributed by atoms with Crippen LogP contribution in [0.4, 0.5) is 14.5 Å². The van der Waals surface area contributed by atoms with Crippen LogP contribution in [0.1, 0.15) is 5.56 Å². The monoisotopic (exact) mass is 365 g/mol. The largest absolute Gasteiger partial charge is 0.380 e. The minimum absolute atomic E-state index is 0.184. The maximum Gasteiger partial charge on any atom is 0.131 e. The van der Waals surface area contributed by atoms with E-state index < -0.39 is 11.6 Å². The van der Waals surface area contributed by atoms with Crippen LogP contribution < -0.4 is 5.32 Å². The molecule has 0 aromatic heterocycles. The lowest BCUT2D eigenvalue weighted by atomic mass is 10.2. The van der Waals surface area contributed by atoms with Crippen molar-refractivity contribution in [1.82, 2.24) is 0 Å². The molecule has 0 amide bonds. The molecule has 0 unspecified atom stereocenters. The molecule has 1 nitrogen and oxygen atoms in total. The highest BCUT2D eigenvalue weighted by Crippen LogP contribution is 2.36. The van der Waals surface area contributed by atoms with Gasteiger partial charge in [0.1, 0.15) is 11.6 Å². The van der Waals surface area contributed by atoms with E-state index in [0.717, 1.165) is 6.07 Å². The average Bonchev–Trinajstić information content (AvgIpc) is 2.37. The molecule has 1 N–H and O–H groups in total. The lowest BCUT2D eigenvalue weighted by Gasteiger charge is -2.11. The van der Waals surface area contributed by atoms with E-state index in [2.05, 4.69) is 21.2 Å². The second kappa shape index (κ2) is 6.07. The van der Waals surface area contributed by atoms with Gasteiger partial charge in [-0.2, -0.15) is 0 Å². The molecule has 0 aliphatic heterocycles. The Morgan fingerprint density at radius 3 is 2.47 bits per heavy atom. The van der Waals surface area contributed by atoms with E-state index in [4.69, 9.17) is 23.2 Å². The smallest absolute Gasteiger partial charge is 0.131 e. The maximum absolute atomic E-state index is 13.5. The summed E-state index contributed by atoms with van der Waals surface area (Å²) in [4.78, 5) is 0. The van der Waals surface area contributed by atoms with Gasteiger partial charge in [-0.15, -0.1) is 0 Å². The Balaban J connectivity index is 2.17. The lowest BCUT2D eigenvalue weighted by molar-refractivity contribution is 0.574. The summed E-state index contributed by atoms with van der Waals surface area (Å²) in [6.45, 7) is 0.184. The van der Waals surface area contributed by atoms with Gasteiger partial charge in [0.15, 0.2) is 0 Å². The number of anilines is 1. The predicted octanol–water partition coefficient (Wildman–Crippen LogP) is 5.65. The fourth-order valence-electron chi connectivity index (χ4n) is 1.52. The van der Waals surface area contributed by atoms with E-state index in [1.54, 1.807) is 12.1 Å². The van der Waals surface area contributed by atoms with Crippen LogP contribution in [0, 0.1) is 11.6 Å². The van der Waals surface area contributed by atoms with Gasteiger partial charge in [0.25, 0.3) is 0 Å². The first-order chi connectivity index (χ1) is 8.99. The number of rotatable bonds is 3. The summed E-state index contributed by atoms with van der Waals surface area (Å²) >= 11 is 15.3. The first-order valence-corrected chi connectivity index (χ1v) is 6.85. The number of nitrogens with one attached hydrogen (secondary N) is 1. The highest BCUT2D eigenvalue weighted by atomic mass is 79.9. The molecule has 0 fully saturated rings. The highest BCUT2D eigenvalue weighted by Gasteiger charge is 2.09. The van der Waals surface area contributed by atoms with Crippen LogP contribution in [0.5, 0.6) is 0 Å². The van der Waals surface area contributed by atoms with Gasteiger partial charge in [0, 0.05) is 22.6 Å². The van der Waals surface area contributed by atoms with Crippen molar-refractivity contribution in [3.05, 3.63) is 62.0 Å². The Morgan fingerprint density at radius 1 is 1.05 bits per heavy atom. The molecule has 0 saturated heterocycles. The molecule has 0 aliphatic rings. The molecule has 0 spiro atoms. The van der Waals surface area contributed by atoms with E-state index in [9.17, 15) is 8.78 Å². The Labute approximate surface area is 127 Å². The second-order valence-electron chi connectivity index (χ2n) is 3.81. The predicted molar refractivity (Wildman–Crippen MR) is 77.8 cm³/mol. The van der Waals surface area contributed by atoms with E-state index in [1.807, 2.05) is 0 Å². The zero-order valence-corrected chi connectivity index (χ0v) is 12.6. The Kier molecular flexibility index (Phi) is 4.66. The standard InChI is InChI=1S/C13H8BrCl2F2N/c14-9-3-4-11(13(16)12(9)15)19-6-7-1-2-8(17)5-10(7)18/h1-5,19H,6H2. The van der Waals surface area contributed by atoms with Crippen molar-refractivity contribution in [1.29, 1.82) is 0 Å². The van der Waals surface area contributed by atoms with Gasteiger partial charge < -0.3 is 5.32 Å². The summed E-state index contributed by atoms with van der Waals surface area (Å²) in [6.07, 6.45) is 0. The van der Waals surface area contributed by atoms with Gasteiger partial charge in [0.2, 0.25) is 0 Å². The Hall–Kier alpha value is -0.840. The minimum atomic E-state index is -0.606. The number of benzene rings is 2. The van der Waals surface area contributed by atoms with Crippen molar-refractivity contribution in [2.24, 2.45) is 0 Å². The molecule has 19 heavy (non-hydrogen) atoms. The summed E-state index contributed by atoms with van der Waals surface area (Å²) < 4.78 is 26.9. The van der Waals surface area contributed by atoms with Crippen molar-refractivity contribution in [3.63, 3.8) is 0 Å². The topological polar surface area (TPSA) is 12.0 Å². The average molecular weight is 367 g/mol. The van der Waals surface area contributed by atoms with Crippen LogP contribution in [0.2, 0.25) is 10.0 Å².